The van der Waals surface area contributed by atoms with E-state index in [1.54, 1.807) is 29.2 Å². The zero-order valence-electron chi connectivity index (χ0n) is 12.3. The van der Waals surface area contributed by atoms with Crippen molar-refractivity contribution >= 4 is 34.9 Å². The molecule has 0 spiro atoms. The molecule has 6 heteroatoms. The first-order valence-corrected chi connectivity index (χ1v) is 7.69. The van der Waals surface area contributed by atoms with Gasteiger partial charge in [0.1, 0.15) is 0 Å². The second-order valence-corrected chi connectivity index (χ2v) is 5.73. The van der Waals surface area contributed by atoms with Crippen LogP contribution in [0.2, 0.25) is 5.02 Å². The standard InChI is InChI=1S/C17H16ClN3O2/c18-14-8-4-5-9-15(14)20-17(23)19-12-10-16(22)21(11-12)13-6-2-1-3-7-13/h1-9,12H,10-11H2,(H2,19,20,23)/t12-/m0/s1. The van der Waals surface area contributed by atoms with Crippen molar-refractivity contribution in [2.75, 3.05) is 16.8 Å². The summed E-state index contributed by atoms with van der Waals surface area (Å²) in [7, 11) is 0. The summed E-state index contributed by atoms with van der Waals surface area (Å²) < 4.78 is 0. The van der Waals surface area contributed by atoms with Gasteiger partial charge >= 0.3 is 6.03 Å². The van der Waals surface area contributed by atoms with Crippen molar-refractivity contribution in [3.05, 3.63) is 59.6 Å². The number of benzene rings is 2. The van der Waals surface area contributed by atoms with Gasteiger partial charge < -0.3 is 15.5 Å². The average molecular weight is 330 g/mol. The molecule has 0 unspecified atom stereocenters. The van der Waals surface area contributed by atoms with Gasteiger partial charge in [-0.3, -0.25) is 4.79 Å². The predicted molar refractivity (Wildman–Crippen MR) is 90.8 cm³/mol. The number of carbonyl (C=O) groups excluding carboxylic acids is 2. The molecule has 0 aromatic heterocycles. The van der Waals surface area contributed by atoms with E-state index in [1.165, 1.54) is 0 Å². The van der Waals surface area contributed by atoms with E-state index in [1.807, 2.05) is 30.3 Å². The first-order chi connectivity index (χ1) is 11.1. The summed E-state index contributed by atoms with van der Waals surface area (Å²) >= 11 is 6.01. The van der Waals surface area contributed by atoms with E-state index < -0.39 is 0 Å². The largest absolute Gasteiger partial charge is 0.333 e. The Hall–Kier alpha value is -2.53. The van der Waals surface area contributed by atoms with E-state index in [4.69, 9.17) is 11.6 Å². The molecular formula is C17H16ClN3O2. The van der Waals surface area contributed by atoms with Crippen molar-refractivity contribution < 1.29 is 9.59 Å². The second-order valence-electron chi connectivity index (χ2n) is 5.32. The molecule has 1 aliphatic heterocycles. The van der Waals surface area contributed by atoms with E-state index >= 15 is 0 Å². The number of amides is 3. The molecule has 2 aromatic carbocycles. The van der Waals surface area contributed by atoms with Crippen molar-refractivity contribution in [1.29, 1.82) is 0 Å². The number of nitrogens with one attached hydrogen (secondary N) is 2. The number of urea groups is 1. The number of para-hydroxylation sites is 2. The second kappa shape index (κ2) is 6.71. The summed E-state index contributed by atoms with van der Waals surface area (Å²) in [6.07, 6.45) is 0.283. The van der Waals surface area contributed by atoms with Gasteiger partial charge in [-0.1, -0.05) is 41.9 Å². The predicted octanol–water partition coefficient (Wildman–Crippen LogP) is 3.27. The Balaban J connectivity index is 1.60. The summed E-state index contributed by atoms with van der Waals surface area (Å²) in [4.78, 5) is 25.9. The van der Waals surface area contributed by atoms with Crippen molar-refractivity contribution in [1.82, 2.24) is 5.32 Å². The summed E-state index contributed by atoms with van der Waals surface area (Å²) in [6, 6.07) is 15.8. The molecule has 3 amide bonds. The van der Waals surface area contributed by atoms with E-state index in [0.29, 0.717) is 17.3 Å². The van der Waals surface area contributed by atoms with Crippen LogP contribution in [0.1, 0.15) is 6.42 Å². The lowest BCUT2D eigenvalue weighted by Crippen LogP contribution is -2.39. The molecule has 23 heavy (non-hydrogen) atoms. The Morgan fingerprint density at radius 2 is 1.78 bits per heavy atom. The molecule has 1 atom stereocenters. The van der Waals surface area contributed by atoms with Crippen LogP contribution in [-0.2, 0) is 4.79 Å². The van der Waals surface area contributed by atoms with E-state index in [0.717, 1.165) is 5.69 Å². The zero-order chi connectivity index (χ0) is 16.2. The van der Waals surface area contributed by atoms with Crippen LogP contribution in [0.15, 0.2) is 54.6 Å². The molecule has 0 aliphatic carbocycles. The van der Waals surface area contributed by atoms with Gasteiger partial charge in [-0.2, -0.15) is 0 Å². The van der Waals surface area contributed by atoms with Crippen molar-refractivity contribution in [3.63, 3.8) is 0 Å². The van der Waals surface area contributed by atoms with Gasteiger partial charge in [-0.05, 0) is 24.3 Å². The van der Waals surface area contributed by atoms with E-state index in [-0.39, 0.29) is 24.4 Å². The molecule has 118 valence electrons. The smallest absolute Gasteiger partial charge is 0.319 e. The highest BCUT2D eigenvalue weighted by molar-refractivity contribution is 6.33. The molecule has 0 saturated carbocycles. The molecule has 3 rings (SSSR count). The van der Waals surface area contributed by atoms with Crippen LogP contribution >= 0.6 is 11.6 Å². The van der Waals surface area contributed by atoms with Gasteiger partial charge in [0, 0.05) is 18.7 Å². The minimum Gasteiger partial charge on any atom is -0.333 e. The van der Waals surface area contributed by atoms with Crippen molar-refractivity contribution in [3.8, 4) is 0 Å². The lowest BCUT2D eigenvalue weighted by Gasteiger charge is -2.17. The fourth-order valence-electron chi connectivity index (χ4n) is 2.57. The van der Waals surface area contributed by atoms with Gasteiger partial charge in [0.2, 0.25) is 5.91 Å². The summed E-state index contributed by atoms with van der Waals surface area (Å²) in [5, 5.41) is 5.98. The Morgan fingerprint density at radius 1 is 1.09 bits per heavy atom. The number of nitrogens with zero attached hydrogens (tertiary/aromatic N) is 1. The zero-order valence-corrected chi connectivity index (χ0v) is 13.1. The van der Waals surface area contributed by atoms with Crippen LogP contribution in [0, 0.1) is 0 Å². The fourth-order valence-corrected chi connectivity index (χ4v) is 2.75. The Labute approximate surface area is 139 Å². The van der Waals surface area contributed by atoms with Crippen LogP contribution in [0.4, 0.5) is 16.2 Å². The number of rotatable bonds is 3. The first kappa shape index (κ1) is 15.4. The Kier molecular flexibility index (Phi) is 4.48. The maximum absolute atomic E-state index is 12.1. The topological polar surface area (TPSA) is 61.4 Å². The molecule has 1 heterocycles. The fraction of sp³-hybridized carbons (Fsp3) is 0.176. The molecule has 2 aromatic rings. The van der Waals surface area contributed by atoms with Crippen LogP contribution in [0.3, 0.4) is 0 Å². The minimum atomic E-state index is -0.370. The Morgan fingerprint density at radius 3 is 2.52 bits per heavy atom. The molecular weight excluding hydrogens is 314 g/mol. The van der Waals surface area contributed by atoms with Gasteiger partial charge in [0.25, 0.3) is 0 Å². The molecule has 0 radical (unpaired) electrons. The van der Waals surface area contributed by atoms with Gasteiger partial charge in [0.15, 0.2) is 0 Å². The van der Waals surface area contributed by atoms with Crippen molar-refractivity contribution in [2.24, 2.45) is 0 Å². The molecule has 0 bridgehead atoms. The van der Waals surface area contributed by atoms with Gasteiger partial charge in [0.05, 0.1) is 16.8 Å². The molecule has 5 nitrogen and oxygen atoms in total. The first-order valence-electron chi connectivity index (χ1n) is 7.31. The van der Waals surface area contributed by atoms with Crippen LogP contribution in [0.25, 0.3) is 0 Å². The molecule has 1 saturated heterocycles. The maximum atomic E-state index is 12.1. The minimum absolute atomic E-state index is 0.000700. The highest BCUT2D eigenvalue weighted by Crippen LogP contribution is 2.22. The third-order valence-electron chi connectivity index (χ3n) is 3.65. The van der Waals surface area contributed by atoms with Crippen LogP contribution < -0.4 is 15.5 Å². The van der Waals surface area contributed by atoms with Gasteiger partial charge in [-0.25, -0.2) is 4.79 Å². The summed E-state index contributed by atoms with van der Waals surface area (Å²) in [5.41, 5.74) is 1.38. The number of anilines is 2. The number of halogens is 1. The Bertz CT molecular complexity index is 721. The van der Waals surface area contributed by atoms with E-state index in [2.05, 4.69) is 10.6 Å². The SMILES string of the molecule is O=C(Nc1ccccc1Cl)N[C@H]1CC(=O)N(c2ccccc2)C1. The molecule has 1 fully saturated rings. The average Bonchev–Trinajstić information content (AvgIpc) is 2.91. The van der Waals surface area contributed by atoms with Gasteiger partial charge in [-0.15, -0.1) is 0 Å². The lowest BCUT2D eigenvalue weighted by molar-refractivity contribution is -0.117. The summed E-state index contributed by atoms with van der Waals surface area (Å²) in [5.74, 6) is -0.000700. The number of hydrogen-bond donors (Lipinski definition) is 2. The third-order valence-corrected chi connectivity index (χ3v) is 3.98. The monoisotopic (exact) mass is 329 g/mol. The van der Waals surface area contributed by atoms with Crippen molar-refractivity contribution in [2.45, 2.75) is 12.5 Å². The van der Waals surface area contributed by atoms with E-state index in [9.17, 15) is 9.59 Å². The van der Waals surface area contributed by atoms with Crippen LogP contribution in [0.5, 0.6) is 0 Å². The normalized spacial score (nSPS) is 17.2. The lowest BCUT2D eigenvalue weighted by atomic mass is 10.2. The maximum Gasteiger partial charge on any atom is 0.319 e. The number of hydrogen-bond acceptors (Lipinski definition) is 2. The highest BCUT2D eigenvalue weighted by atomic mass is 35.5. The highest BCUT2D eigenvalue weighted by Gasteiger charge is 2.31. The molecule has 1 aliphatic rings. The quantitative estimate of drug-likeness (QED) is 0.908. The summed E-state index contributed by atoms with van der Waals surface area (Å²) in [6.45, 7) is 0.457. The molecule has 2 N–H and O–H groups in total. The number of carbonyl (C=O) groups is 2. The van der Waals surface area contributed by atoms with Crippen LogP contribution in [-0.4, -0.2) is 24.5 Å². The third kappa shape index (κ3) is 3.63.